The van der Waals surface area contributed by atoms with E-state index >= 15 is 0 Å². The summed E-state index contributed by atoms with van der Waals surface area (Å²) in [5.74, 6) is -0.454. The predicted molar refractivity (Wildman–Crippen MR) is 243 cm³/mol. The van der Waals surface area contributed by atoms with Crippen molar-refractivity contribution < 1.29 is 85.6 Å². The maximum atomic E-state index is 12.7. The first-order valence-electron chi connectivity index (χ1n) is 22.0. The number of thioether (sulfide) groups is 1. The van der Waals surface area contributed by atoms with E-state index in [2.05, 4.69) is 48.3 Å². The molecule has 67 heavy (non-hydrogen) atoms. The van der Waals surface area contributed by atoms with Gasteiger partial charge < -0.3 is 56.0 Å². The summed E-state index contributed by atoms with van der Waals surface area (Å²) in [6.45, 7) is 4.90. The molecule has 2 amide bonds. The number of hydrogen-bond donors (Lipinski definition) is 10. The molecule has 0 aliphatic carbocycles. The third-order valence-electron chi connectivity index (χ3n) is 10.5. The normalized spacial score (nSPS) is 20.7. The first kappa shape index (κ1) is 58.8. The lowest BCUT2D eigenvalue weighted by molar-refractivity contribution is -0.137. The van der Waals surface area contributed by atoms with Crippen LogP contribution in [-0.4, -0.2) is 134 Å². The fraction of sp³-hybridized carbons (Fsp3) is 0.789. The van der Waals surface area contributed by atoms with Gasteiger partial charge in [0.25, 0.3) is 0 Å². The smallest absolute Gasteiger partial charge is 0.393 e. The van der Waals surface area contributed by atoms with Crippen molar-refractivity contribution in [2.75, 3.05) is 37.8 Å². The van der Waals surface area contributed by atoms with Gasteiger partial charge in [-0.3, -0.25) is 32.5 Å². The number of carbonyl (C=O) groups is 3. The number of nitrogens with one attached hydrogen (secondary N) is 2. The van der Waals surface area contributed by atoms with Crippen LogP contribution in [0.2, 0.25) is 0 Å². The molecule has 384 valence electrons. The van der Waals surface area contributed by atoms with Gasteiger partial charge in [0, 0.05) is 37.1 Å². The van der Waals surface area contributed by atoms with E-state index in [-0.39, 0.29) is 53.8 Å². The van der Waals surface area contributed by atoms with Crippen LogP contribution in [0.3, 0.4) is 0 Å². The second-order valence-corrected chi connectivity index (χ2v) is 22.7. The van der Waals surface area contributed by atoms with Crippen molar-refractivity contribution in [3.05, 3.63) is 12.7 Å². The van der Waals surface area contributed by atoms with Crippen molar-refractivity contribution in [2.24, 2.45) is 11.3 Å². The summed E-state index contributed by atoms with van der Waals surface area (Å²) < 4.78 is 62.4. The molecule has 0 spiro atoms. The number of phosphoric ester groups is 3. The number of rotatable bonds is 33. The molecule has 0 aromatic carbocycles. The number of carbonyl (C=O) groups excluding carboxylic acids is 3. The van der Waals surface area contributed by atoms with Gasteiger partial charge in [-0.2, -0.15) is 4.31 Å². The fourth-order valence-electron chi connectivity index (χ4n) is 6.82. The number of nitrogen functional groups attached to an aromatic ring is 1. The molecule has 1 fully saturated rings. The SMILES string of the molecule is CC(C)CCCCCCCCCCCC(O)CC(=O)SCCNC(=O)CCNC(=O)[C@H](O)C(C)(C)COP(=O)(O)OP(=O)(O)OC[C@H]1O[C@@H](n2cnc3c(N)ncnc32)[C@H](O)[C@@H]1OP(=O)(O)O. The maximum absolute atomic E-state index is 12.7. The molecule has 25 nitrogen and oxygen atoms in total. The predicted octanol–water partition coefficient (Wildman–Crippen LogP) is 3.36. The highest BCUT2D eigenvalue weighted by atomic mass is 32.2. The van der Waals surface area contributed by atoms with Gasteiger partial charge in [-0.25, -0.2) is 28.6 Å². The van der Waals surface area contributed by atoms with E-state index in [1.54, 1.807) is 0 Å². The molecule has 3 heterocycles. The lowest BCUT2D eigenvalue weighted by Gasteiger charge is -2.30. The third kappa shape index (κ3) is 21.6. The molecule has 1 aliphatic heterocycles. The number of hydrogen-bond acceptors (Lipinski definition) is 19. The Morgan fingerprint density at radius 3 is 2.13 bits per heavy atom. The molecule has 8 atom stereocenters. The van der Waals surface area contributed by atoms with Gasteiger partial charge in [-0.1, -0.05) is 104 Å². The minimum Gasteiger partial charge on any atom is -0.393 e. The van der Waals surface area contributed by atoms with Gasteiger partial charge in [0.15, 0.2) is 22.8 Å². The maximum Gasteiger partial charge on any atom is 0.481 e. The highest BCUT2D eigenvalue weighted by Gasteiger charge is 2.50. The highest BCUT2D eigenvalue weighted by molar-refractivity contribution is 8.13. The number of imidazole rings is 1. The Bertz CT molecular complexity index is 2030. The molecular weight excluding hydrogens is 967 g/mol. The van der Waals surface area contributed by atoms with E-state index in [4.69, 9.17) is 19.5 Å². The second-order valence-electron chi connectivity index (χ2n) is 17.3. The number of nitrogens with two attached hydrogens (primary N) is 1. The van der Waals surface area contributed by atoms with Crippen LogP contribution in [0.25, 0.3) is 11.2 Å². The largest absolute Gasteiger partial charge is 0.481 e. The Morgan fingerprint density at radius 1 is 0.896 bits per heavy atom. The molecule has 1 aliphatic rings. The van der Waals surface area contributed by atoms with E-state index in [0.29, 0.717) is 6.42 Å². The fourth-order valence-corrected chi connectivity index (χ4v) is 10.4. The van der Waals surface area contributed by atoms with Gasteiger partial charge >= 0.3 is 23.5 Å². The van der Waals surface area contributed by atoms with Crippen LogP contribution in [0.15, 0.2) is 12.7 Å². The number of unbranched alkanes of at least 4 members (excludes halogenated alkanes) is 8. The number of nitrogens with zero attached hydrogens (tertiary/aromatic N) is 4. The quantitative estimate of drug-likeness (QED) is 0.0362. The van der Waals surface area contributed by atoms with E-state index in [1.165, 1.54) is 58.8 Å². The summed E-state index contributed by atoms with van der Waals surface area (Å²) in [6, 6.07) is 0. The van der Waals surface area contributed by atoms with Crippen molar-refractivity contribution in [1.29, 1.82) is 0 Å². The van der Waals surface area contributed by atoms with Crippen LogP contribution in [0.4, 0.5) is 5.82 Å². The Morgan fingerprint density at radius 2 is 1.51 bits per heavy atom. The zero-order chi connectivity index (χ0) is 50.0. The number of aromatic nitrogens is 4. The molecule has 0 radical (unpaired) electrons. The molecule has 11 N–H and O–H groups in total. The van der Waals surface area contributed by atoms with Gasteiger partial charge in [0.05, 0.1) is 25.6 Å². The lowest BCUT2D eigenvalue weighted by atomic mass is 9.87. The number of anilines is 1. The first-order valence-corrected chi connectivity index (χ1v) is 27.5. The van der Waals surface area contributed by atoms with Crippen LogP contribution in [0.5, 0.6) is 0 Å². The molecule has 2 aromatic rings. The van der Waals surface area contributed by atoms with Crippen molar-refractivity contribution in [1.82, 2.24) is 30.2 Å². The summed E-state index contributed by atoms with van der Waals surface area (Å²) >= 11 is 0.998. The Labute approximate surface area is 393 Å². The van der Waals surface area contributed by atoms with E-state index in [1.807, 2.05) is 0 Å². The van der Waals surface area contributed by atoms with E-state index < -0.39 is 90.7 Å². The lowest BCUT2D eigenvalue weighted by Crippen LogP contribution is -2.46. The first-order chi connectivity index (χ1) is 31.3. The molecule has 0 bridgehead atoms. The Balaban J connectivity index is 1.32. The number of aliphatic hydroxyl groups excluding tert-OH is 3. The monoisotopic (exact) mass is 1040 g/mol. The zero-order valence-corrected chi connectivity index (χ0v) is 41.7. The summed E-state index contributed by atoms with van der Waals surface area (Å²) in [7, 11) is -16.4. The number of ether oxygens (including phenoxy) is 1. The summed E-state index contributed by atoms with van der Waals surface area (Å²) in [4.78, 5) is 88.4. The number of fused-ring (bicyclic) bond motifs is 1. The summed E-state index contributed by atoms with van der Waals surface area (Å²) in [5.41, 5.74) is 4.25. The van der Waals surface area contributed by atoms with Crippen molar-refractivity contribution in [3.8, 4) is 0 Å². The highest BCUT2D eigenvalue weighted by Crippen LogP contribution is 2.61. The second kappa shape index (κ2) is 27.8. The Kier molecular flexibility index (Phi) is 24.4. The van der Waals surface area contributed by atoms with Crippen LogP contribution in [0, 0.1) is 11.3 Å². The van der Waals surface area contributed by atoms with Crippen molar-refractivity contribution >= 4 is 69.1 Å². The molecule has 3 rings (SSSR count). The summed E-state index contributed by atoms with van der Waals surface area (Å²) in [5, 5.41) is 36.6. The van der Waals surface area contributed by atoms with Crippen LogP contribution >= 0.6 is 35.2 Å². The van der Waals surface area contributed by atoms with E-state index in [0.717, 1.165) is 54.2 Å². The molecule has 2 aromatic heterocycles. The standard InChI is InChI=1S/C38H68N7O18P3S/c1-25(2)14-12-10-8-6-5-7-9-11-13-15-26(46)20-29(48)67-19-18-40-28(47)16-17-41-36(51)33(50)38(3,4)22-60-66(57,58)63-65(55,56)59-21-27-32(62-64(52,53)54)31(49)37(61-27)45-24-44-30-34(39)42-23-43-35(30)45/h23-27,31-33,37,46,49-50H,5-22H2,1-4H3,(H,40,47)(H,41,51)(H,55,56)(H,57,58)(H2,39,42,43)(H2,52,53,54)/t26?,27-,31-,32-,33+,37-/m1/s1. The minimum absolute atomic E-state index is 0.0247. The Hall–Kier alpha value is -2.48. The van der Waals surface area contributed by atoms with Gasteiger partial charge in [0.1, 0.15) is 36.3 Å². The van der Waals surface area contributed by atoms with Crippen molar-refractivity contribution in [2.45, 2.75) is 148 Å². The molecular formula is C38H68N7O18P3S. The molecule has 1 saturated heterocycles. The average molecular weight is 1040 g/mol. The number of phosphoric acid groups is 3. The van der Waals surface area contributed by atoms with Gasteiger partial charge in [-0.15, -0.1) is 0 Å². The van der Waals surface area contributed by atoms with Gasteiger partial charge in [0.2, 0.25) is 11.8 Å². The minimum atomic E-state index is -5.59. The van der Waals surface area contributed by atoms with Crippen molar-refractivity contribution in [3.63, 3.8) is 0 Å². The number of amides is 2. The molecule has 0 saturated carbocycles. The van der Waals surface area contributed by atoms with Crippen LogP contribution in [-0.2, 0) is 50.7 Å². The third-order valence-corrected chi connectivity index (χ3v) is 14.5. The van der Waals surface area contributed by atoms with Crippen LogP contribution < -0.4 is 16.4 Å². The zero-order valence-electron chi connectivity index (χ0n) is 38.2. The topological polar surface area (TPSA) is 384 Å². The van der Waals surface area contributed by atoms with E-state index in [9.17, 15) is 63.0 Å². The molecule has 29 heteroatoms. The summed E-state index contributed by atoms with van der Waals surface area (Å²) in [6.07, 6.45) is 4.72. The molecule has 3 unspecified atom stereocenters. The number of aliphatic hydroxyl groups is 3. The average Bonchev–Trinajstić information content (AvgIpc) is 3.79. The van der Waals surface area contributed by atoms with Crippen LogP contribution in [0.1, 0.15) is 117 Å². The van der Waals surface area contributed by atoms with Gasteiger partial charge in [-0.05, 0) is 12.3 Å².